The lowest BCUT2D eigenvalue weighted by atomic mass is 9.90. The summed E-state index contributed by atoms with van der Waals surface area (Å²) in [5, 5.41) is 0. The van der Waals surface area contributed by atoms with Gasteiger partial charge in [-0.05, 0) is 56.2 Å². The smallest absolute Gasteiger partial charge is 0.256 e. The number of amides is 1. The van der Waals surface area contributed by atoms with E-state index in [1.807, 2.05) is 19.9 Å². The second-order valence-corrected chi connectivity index (χ2v) is 9.53. The first kappa shape index (κ1) is 19.8. The van der Waals surface area contributed by atoms with Crippen molar-refractivity contribution in [1.29, 1.82) is 0 Å². The Balaban J connectivity index is 1.71. The number of ether oxygens (including phenoxy) is 1. The summed E-state index contributed by atoms with van der Waals surface area (Å²) in [6.45, 7) is 5.06. The number of rotatable bonds is 4. The van der Waals surface area contributed by atoms with Gasteiger partial charge in [0.15, 0.2) is 0 Å². The molecular formula is C20H22FN3O4S. The van der Waals surface area contributed by atoms with Crippen LogP contribution in [0.4, 0.5) is 4.39 Å². The van der Waals surface area contributed by atoms with Crippen molar-refractivity contribution in [2.24, 2.45) is 0 Å². The molecule has 2 aliphatic heterocycles. The van der Waals surface area contributed by atoms with Crippen LogP contribution in [-0.4, -0.2) is 55.0 Å². The summed E-state index contributed by atoms with van der Waals surface area (Å²) < 4.78 is 45.4. The second kappa shape index (κ2) is 6.77. The topological polar surface area (TPSA) is 79.8 Å². The van der Waals surface area contributed by atoms with Gasteiger partial charge in [0.05, 0.1) is 16.0 Å². The van der Waals surface area contributed by atoms with Gasteiger partial charge in [-0.2, -0.15) is 4.31 Å². The monoisotopic (exact) mass is 419 g/mol. The molecule has 0 spiro atoms. The van der Waals surface area contributed by atoms with Gasteiger partial charge in [0.1, 0.15) is 5.75 Å². The average Bonchev–Trinajstić information content (AvgIpc) is 2.88. The van der Waals surface area contributed by atoms with Gasteiger partial charge in [0.2, 0.25) is 16.9 Å². The molecule has 1 aromatic heterocycles. The van der Waals surface area contributed by atoms with Gasteiger partial charge >= 0.3 is 0 Å². The molecule has 1 amide bonds. The number of aryl methyl sites for hydroxylation is 2. The third-order valence-electron chi connectivity index (χ3n) is 5.73. The van der Waals surface area contributed by atoms with Crippen LogP contribution in [0.5, 0.6) is 5.75 Å². The largest absolute Gasteiger partial charge is 0.463 e. The van der Waals surface area contributed by atoms with Crippen LogP contribution in [0.15, 0.2) is 35.4 Å². The molecule has 1 fully saturated rings. The molecule has 1 aromatic carbocycles. The standard InChI is InChI=1S/C20H22FN3O4S/c1-13-8-15(28-12-21)4-5-18(13)29(26,27)23-6-7-24-19(25)16-10-22-14(2)9-17(16)20(24,3)11-23/h4-5,8-10H,6-7,11-12H2,1-3H3. The summed E-state index contributed by atoms with van der Waals surface area (Å²) in [6, 6.07) is 6.25. The van der Waals surface area contributed by atoms with Crippen LogP contribution in [-0.2, 0) is 15.6 Å². The van der Waals surface area contributed by atoms with Crippen molar-refractivity contribution >= 4 is 15.9 Å². The van der Waals surface area contributed by atoms with Crippen LogP contribution in [0, 0.1) is 13.8 Å². The molecule has 3 heterocycles. The Morgan fingerprint density at radius 2 is 2.00 bits per heavy atom. The van der Waals surface area contributed by atoms with Crippen LogP contribution in [0.1, 0.15) is 34.1 Å². The zero-order valence-electron chi connectivity index (χ0n) is 16.5. The van der Waals surface area contributed by atoms with Gasteiger partial charge < -0.3 is 9.64 Å². The fraction of sp³-hybridized carbons (Fsp3) is 0.400. The molecule has 0 aliphatic carbocycles. The van der Waals surface area contributed by atoms with Gasteiger partial charge in [-0.25, -0.2) is 12.8 Å². The minimum absolute atomic E-state index is 0.115. The van der Waals surface area contributed by atoms with E-state index >= 15 is 0 Å². The molecule has 29 heavy (non-hydrogen) atoms. The van der Waals surface area contributed by atoms with E-state index in [0.29, 0.717) is 17.7 Å². The fourth-order valence-corrected chi connectivity index (χ4v) is 5.98. The Kier molecular flexibility index (Phi) is 4.62. The summed E-state index contributed by atoms with van der Waals surface area (Å²) in [6.07, 6.45) is 1.57. The molecule has 0 radical (unpaired) electrons. The fourth-order valence-electron chi connectivity index (χ4n) is 4.25. The molecule has 0 saturated carbocycles. The summed E-state index contributed by atoms with van der Waals surface area (Å²) in [5.41, 5.74) is 1.83. The first-order valence-corrected chi connectivity index (χ1v) is 10.7. The normalized spacial score (nSPS) is 21.8. The highest BCUT2D eigenvalue weighted by molar-refractivity contribution is 7.89. The zero-order valence-corrected chi connectivity index (χ0v) is 17.3. The van der Waals surface area contributed by atoms with E-state index in [2.05, 4.69) is 4.98 Å². The maximum atomic E-state index is 13.4. The Morgan fingerprint density at radius 3 is 2.69 bits per heavy atom. The number of piperazine rings is 1. The SMILES string of the molecule is Cc1cc2c(cn1)C(=O)N1CCN(S(=O)(=O)c3ccc(OCF)cc3C)CC21C. The summed E-state index contributed by atoms with van der Waals surface area (Å²) in [5.74, 6) is 0.162. The number of hydrogen-bond donors (Lipinski definition) is 0. The van der Waals surface area contributed by atoms with Crippen molar-refractivity contribution in [3.8, 4) is 5.75 Å². The number of fused-ring (bicyclic) bond motifs is 3. The Morgan fingerprint density at radius 1 is 1.24 bits per heavy atom. The summed E-state index contributed by atoms with van der Waals surface area (Å²) in [7, 11) is -3.80. The molecule has 2 aliphatic rings. The summed E-state index contributed by atoms with van der Waals surface area (Å²) in [4.78, 5) is 18.9. The lowest BCUT2D eigenvalue weighted by molar-refractivity contribution is 0.0375. The van der Waals surface area contributed by atoms with Crippen molar-refractivity contribution in [3.63, 3.8) is 0 Å². The maximum Gasteiger partial charge on any atom is 0.256 e. The minimum atomic E-state index is -3.80. The van der Waals surface area contributed by atoms with E-state index in [0.717, 1.165) is 11.3 Å². The van der Waals surface area contributed by atoms with E-state index < -0.39 is 22.4 Å². The van der Waals surface area contributed by atoms with Crippen molar-refractivity contribution in [2.45, 2.75) is 31.2 Å². The highest BCUT2D eigenvalue weighted by Gasteiger charge is 2.51. The first-order valence-electron chi connectivity index (χ1n) is 9.27. The number of carbonyl (C=O) groups excluding carboxylic acids is 1. The van der Waals surface area contributed by atoms with Crippen LogP contribution >= 0.6 is 0 Å². The number of aromatic nitrogens is 1. The van der Waals surface area contributed by atoms with E-state index in [-0.39, 0.29) is 29.6 Å². The van der Waals surface area contributed by atoms with E-state index in [1.54, 1.807) is 18.0 Å². The Bertz CT molecular complexity index is 1100. The lowest BCUT2D eigenvalue weighted by Gasteiger charge is -2.44. The molecule has 0 N–H and O–H groups in total. The average molecular weight is 419 g/mol. The Hall–Kier alpha value is -2.52. The number of nitrogens with zero attached hydrogens (tertiary/aromatic N) is 3. The first-order chi connectivity index (χ1) is 13.7. The van der Waals surface area contributed by atoms with Crippen molar-refractivity contribution in [3.05, 3.63) is 52.8 Å². The number of pyridine rings is 1. The third-order valence-corrected chi connectivity index (χ3v) is 7.74. The molecule has 2 aromatic rings. The van der Waals surface area contributed by atoms with Crippen LogP contribution < -0.4 is 4.74 Å². The zero-order chi connectivity index (χ0) is 21.0. The molecule has 1 saturated heterocycles. The van der Waals surface area contributed by atoms with Crippen LogP contribution in [0.3, 0.4) is 0 Å². The van der Waals surface area contributed by atoms with Gasteiger partial charge in [-0.1, -0.05) is 0 Å². The molecule has 9 heteroatoms. The molecule has 4 rings (SSSR count). The van der Waals surface area contributed by atoms with Gasteiger partial charge in [0, 0.05) is 31.5 Å². The van der Waals surface area contributed by atoms with E-state index in [1.165, 1.54) is 22.5 Å². The van der Waals surface area contributed by atoms with Crippen LogP contribution in [0.2, 0.25) is 0 Å². The lowest BCUT2D eigenvalue weighted by Crippen LogP contribution is -2.58. The van der Waals surface area contributed by atoms with E-state index in [4.69, 9.17) is 4.74 Å². The van der Waals surface area contributed by atoms with Gasteiger partial charge in [0.25, 0.3) is 5.91 Å². The molecule has 0 bridgehead atoms. The predicted molar refractivity (Wildman–Crippen MR) is 104 cm³/mol. The number of halogens is 1. The second-order valence-electron chi connectivity index (χ2n) is 7.62. The summed E-state index contributed by atoms with van der Waals surface area (Å²) >= 11 is 0. The van der Waals surface area contributed by atoms with Gasteiger partial charge in [-0.15, -0.1) is 0 Å². The Labute approximate surface area is 169 Å². The molecule has 1 atom stereocenters. The minimum Gasteiger partial charge on any atom is -0.463 e. The van der Waals surface area contributed by atoms with Crippen molar-refractivity contribution in [2.75, 3.05) is 26.5 Å². The molecule has 154 valence electrons. The number of alkyl halides is 1. The number of carbonyl (C=O) groups is 1. The van der Waals surface area contributed by atoms with Crippen molar-refractivity contribution in [1.82, 2.24) is 14.2 Å². The highest BCUT2D eigenvalue weighted by Crippen LogP contribution is 2.42. The third kappa shape index (κ3) is 3.00. The number of sulfonamides is 1. The van der Waals surface area contributed by atoms with Crippen molar-refractivity contribution < 1.29 is 22.3 Å². The maximum absolute atomic E-state index is 13.4. The number of benzene rings is 1. The molecule has 7 nitrogen and oxygen atoms in total. The molecular weight excluding hydrogens is 397 g/mol. The van der Waals surface area contributed by atoms with Crippen LogP contribution in [0.25, 0.3) is 0 Å². The predicted octanol–water partition coefficient (Wildman–Crippen LogP) is 2.38. The molecule has 1 unspecified atom stereocenters. The van der Waals surface area contributed by atoms with E-state index in [9.17, 15) is 17.6 Å². The van der Waals surface area contributed by atoms with Gasteiger partial charge in [-0.3, -0.25) is 9.78 Å². The highest BCUT2D eigenvalue weighted by atomic mass is 32.2. The number of hydrogen-bond acceptors (Lipinski definition) is 5. The quantitative estimate of drug-likeness (QED) is 0.760.